The fourth-order valence-electron chi connectivity index (χ4n) is 2.91. The number of hydrogen-bond donors (Lipinski definition) is 1. The van der Waals surface area contributed by atoms with Crippen LogP contribution < -0.4 is 10.1 Å². The average Bonchev–Trinajstić information content (AvgIpc) is 3.05. The first kappa shape index (κ1) is 13.7. The minimum atomic E-state index is 0.447. The summed E-state index contributed by atoms with van der Waals surface area (Å²) in [5, 5.41) is 4.63. The average molecular weight is 290 g/mol. The fourth-order valence-corrected chi connectivity index (χ4v) is 3.86. The number of nitrogens with zero attached hydrogens (tertiary/aromatic N) is 1. The molecule has 0 amide bonds. The maximum Gasteiger partial charge on any atom is 0.184 e. The molecule has 2 aromatic rings. The van der Waals surface area contributed by atoms with E-state index in [4.69, 9.17) is 9.72 Å². The van der Waals surface area contributed by atoms with Gasteiger partial charge < -0.3 is 10.1 Å². The Bertz CT molecular complexity index is 600. The summed E-state index contributed by atoms with van der Waals surface area (Å²) < 4.78 is 6.72. The first-order valence-corrected chi connectivity index (χ1v) is 8.24. The van der Waals surface area contributed by atoms with Gasteiger partial charge in [-0.3, -0.25) is 0 Å². The molecule has 0 atom stereocenters. The highest BCUT2D eigenvalue weighted by Gasteiger charge is 2.17. The maximum absolute atomic E-state index is 5.52. The summed E-state index contributed by atoms with van der Waals surface area (Å²) in [5.74, 6) is 1.42. The Kier molecular flexibility index (Phi) is 3.83. The van der Waals surface area contributed by atoms with E-state index in [0.29, 0.717) is 12.0 Å². The predicted molar refractivity (Wildman–Crippen MR) is 86.1 cm³/mol. The van der Waals surface area contributed by atoms with E-state index in [1.807, 2.05) is 0 Å². The molecule has 1 N–H and O–H groups in total. The van der Waals surface area contributed by atoms with Crippen LogP contribution in [0.4, 0.5) is 5.13 Å². The van der Waals surface area contributed by atoms with E-state index < -0.39 is 0 Å². The van der Waals surface area contributed by atoms with E-state index >= 15 is 0 Å². The standard InChI is InChI=1S/C16H22N2OS/c1-10(2)12-8-13-15(9-14(12)19-3)20-16(18-13)17-11-6-4-5-7-11/h8-11H,4-7H2,1-3H3,(H,17,18). The zero-order valence-electron chi connectivity index (χ0n) is 12.4. The van der Waals surface area contributed by atoms with Gasteiger partial charge in [-0.2, -0.15) is 0 Å². The van der Waals surface area contributed by atoms with Crippen LogP contribution in [0.5, 0.6) is 5.75 Å². The summed E-state index contributed by atoms with van der Waals surface area (Å²) in [6.45, 7) is 4.38. The van der Waals surface area contributed by atoms with Gasteiger partial charge in [0.25, 0.3) is 0 Å². The minimum Gasteiger partial charge on any atom is -0.496 e. The van der Waals surface area contributed by atoms with Crippen molar-refractivity contribution in [2.24, 2.45) is 0 Å². The summed E-state index contributed by atoms with van der Waals surface area (Å²) in [4.78, 5) is 4.75. The molecule has 0 bridgehead atoms. The van der Waals surface area contributed by atoms with Crippen LogP contribution in [0.3, 0.4) is 0 Å². The molecule has 1 aliphatic rings. The molecule has 108 valence electrons. The lowest BCUT2D eigenvalue weighted by Gasteiger charge is -2.11. The van der Waals surface area contributed by atoms with Crippen molar-refractivity contribution in [2.75, 3.05) is 12.4 Å². The van der Waals surface area contributed by atoms with Gasteiger partial charge in [-0.1, -0.05) is 38.0 Å². The molecule has 4 heteroatoms. The third kappa shape index (κ3) is 2.62. The third-order valence-electron chi connectivity index (χ3n) is 4.04. The predicted octanol–water partition coefficient (Wildman–Crippen LogP) is 4.78. The van der Waals surface area contributed by atoms with Gasteiger partial charge >= 0.3 is 0 Å². The Hall–Kier alpha value is -1.29. The monoisotopic (exact) mass is 290 g/mol. The van der Waals surface area contributed by atoms with E-state index in [1.165, 1.54) is 35.9 Å². The largest absolute Gasteiger partial charge is 0.496 e. The van der Waals surface area contributed by atoms with E-state index in [0.717, 1.165) is 16.4 Å². The normalized spacial score (nSPS) is 16.2. The first-order valence-electron chi connectivity index (χ1n) is 7.42. The Balaban J connectivity index is 1.93. The van der Waals surface area contributed by atoms with Crippen molar-refractivity contribution in [3.63, 3.8) is 0 Å². The van der Waals surface area contributed by atoms with E-state index in [-0.39, 0.29) is 0 Å². The fraction of sp³-hybridized carbons (Fsp3) is 0.562. The van der Waals surface area contributed by atoms with Gasteiger partial charge in [0, 0.05) is 6.04 Å². The number of ether oxygens (including phenoxy) is 1. The Morgan fingerprint density at radius 2 is 2.05 bits per heavy atom. The lowest BCUT2D eigenvalue weighted by molar-refractivity contribution is 0.408. The molecule has 1 heterocycles. The van der Waals surface area contributed by atoms with Gasteiger partial charge in [-0.15, -0.1) is 0 Å². The quantitative estimate of drug-likeness (QED) is 0.879. The number of fused-ring (bicyclic) bond motifs is 1. The molecule has 0 aliphatic heterocycles. The zero-order chi connectivity index (χ0) is 14.1. The highest BCUT2D eigenvalue weighted by atomic mass is 32.1. The summed E-state index contributed by atoms with van der Waals surface area (Å²) in [6, 6.07) is 4.92. The van der Waals surface area contributed by atoms with Crippen molar-refractivity contribution in [3.05, 3.63) is 17.7 Å². The van der Waals surface area contributed by atoms with Crippen LogP contribution in [-0.2, 0) is 0 Å². The van der Waals surface area contributed by atoms with Crippen LogP contribution in [0.15, 0.2) is 12.1 Å². The maximum atomic E-state index is 5.52. The molecule has 3 rings (SSSR count). The number of anilines is 1. The summed E-state index contributed by atoms with van der Waals surface area (Å²) in [5.41, 5.74) is 2.32. The topological polar surface area (TPSA) is 34.1 Å². The van der Waals surface area contributed by atoms with Crippen molar-refractivity contribution in [1.82, 2.24) is 4.98 Å². The van der Waals surface area contributed by atoms with Crippen molar-refractivity contribution in [1.29, 1.82) is 0 Å². The van der Waals surface area contributed by atoms with Crippen LogP contribution in [0, 0.1) is 0 Å². The highest BCUT2D eigenvalue weighted by Crippen LogP contribution is 2.36. The number of rotatable bonds is 4. The number of thiazole rings is 1. The second-order valence-electron chi connectivity index (χ2n) is 5.86. The molecule has 1 aromatic carbocycles. The third-order valence-corrected chi connectivity index (χ3v) is 4.99. The number of benzene rings is 1. The summed E-state index contributed by atoms with van der Waals surface area (Å²) in [7, 11) is 1.74. The molecule has 0 saturated heterocycles. The van der Waals surface area contributed by atoms with Crippen molar-refractivity contribution in [2.45, 2.75) is 51.5 Å². The van der Waals surface area contributed by atoms with E-state index in [2.05, 4.69) is 31.3 Å². The number of hydrogen-bond acceptors (Lipinski definition) is 4. The van der Waals surface area contributed by atoms with Crippen LogP contribution in [0.25, 0.3) is 10.2 Å². The molecule has 0 unspecified atom stereocenters. The molecule has 0 radical (unpaired) electrons. The molecule has 1 saturated carbocycles. The van der Waals surface area contributed by atoms with Crippen LogP contribution in [0.2, 0.25) is 0 Å². The number of nitrogens with one attached hydrogen (secondary N) is 1. The minimum absolute atomic E-state index is 0.447. The Morgan fingerprint density at radius 3 is 2.70 bits per heavy atom. The lowest BCUT2D eigenvalue weighted by atomic mass is 10.0. The molecular formula is C16H22N2OS. The van der Waals surface area contributed by atoms with Crippen LogP contribution in [-0.4, -0.2) is 18.1 Å². The zero-order valence-corrected chi connectivity index (χ0v) is 13.2. The molecule has 3 nitrogen and oxygen atoms in total. The summed E-state index contributed by atoms with van der Waals surface area (Å²) >= 11 is 1.73. The molecule has 1 fully saturated rings. The van der Waals surface area contributed by atoms with Crippen molar-refractivity contribution in [3.8, 4) is 5.75 Å². The smallest absolute Gasteiger partial charge is 0.184 e. The highest BCUT2D eigenvalue weighted by molar-refractivity contribution is 7.22. The second kappa shape index (κ2) is 5.60. The number of methoxy groups -OCH3 is 1. The summed E-state index contributed by atoms with van der Waals surface area (Å²) in [6.07, 6.45) is 5.23. The SMILES string of the molecule is COc1cc2sc(NC3CCCC3)nc2cc1C(C)C. The Morgan fingerprint density at radius 1 is 1.30 bits per heavy atom. The van der Waals surface area contributed by atoms with Crippen LogP contribution >= 0.6 is 11.3 Å². The molecule has 1 aliphatic carbocycles. The van der Waals surface area contributed by atoms with E-state index in [9.17, 15) is 0 Å². The van der Waals surface area contributed by atoms with Gasteiger partial charge in [-0.05, 0) is 36.5 Å². The van der Waals surface area contributed by atoms with Gasteiger partial charge in [0.2, 0.25) is 0 Å². The van der Waals surface area contributed by atoms with Crippen molar-refractivity contribution < 1.29 is 4.74 Å². The molecule has 20 heavy (non-hydrogen) atoms. The molecule has 1 aromatic heterocycles. The van der Waals surface area contributed by atoms with Gasteiger partial charge in [-0.25, -0.2) is 4.98 Å². The van der Waals surface area contributed by atoms with Crippen molar-refractivity contribution >= 4 is 26.7 Å². The number of aromatic nitrogens is 1. The molecular weight excluding hydrogens is 268 g/mol. The lowest BCUT2D eigenvalue weighted by Crippen LogP contribution is -2.13. The first-order chi connectivity index (χ1) is 9.67. The van der Waals surface area contributed by atoms with Gasteiger partial charge in [0.1, 0.15) is 5.75 Å². The molecule has 0 spiro atoms. The van der Waals surface area contributed by atoms with Crippen LogP contribution in [0.1, 0.15) is 51.0 Å². The van der Waals surface area contributed by atoms with E-state index in [1.54, 1.807) is 18.4 Å². The Labute approximate surface area is 124 Å². The van der Waals surface area contributed by atoms with Gasteiger partial charge in [0.15, 0.2) is 5.13 Å². The van der Waals surface area contributed by atoms with Gasteiger partial charge in [0.05, 0.1) is 17.3 Å². The second-order valence-corrected chi connectivity index (χ2v) is 6.89.